The van der Waals surface area contributed by atoms with E-state index in [0.717, 1.165) is 6.20 Å². The molecule has 0 unspecified atom stereocenters. The monoisotopic (exact) mass is 426 g/mol. The van der Waals surface area contributed by atoms with E-state index in [1.165, 1.54) is 12.1 Å². The summed E-state index contributed by atoms with van der Waals surface area (Å²) in [7, 11) is 0. The maximum absolute atomic E-state index is 13.6. The quantitative estimate of drug-likeness (QED) is 0.512. The maximum Gasteiger partial charge on any atom is 0.450 e. The standard InChI is InChI=1S/C19H11Cl2F3N2O2/c20-13-5-1-3-11(9-13)16-17(12-4-2-6-14(21)10-12)26(8-7-15(27)28)18(25-16)19(22,23)24/h1-10H,(H,27,28)/b8-7-. The third-order valence-electron chi connectivity index (χ3n) is 3.73. The van der Waals surface area contributed by atoms with E-state index < -0.39 is 18.0 Å². The fourth-order valence-corrected chi connectivity index (χ4v) is 3.05. The number of alkyl halides is 3. The van der Waals surface area contributed by atoms with Gasteiger partial charge < -0.3 is 5.11 Å². The van der Waals surface area contributed by atoms with Crippen LogP contribution in [0.25, 0.3) is 28.7 Å². The molecule has 1 heterocycles. The molecule has 0 atom stereocenters. The molecule has 28 heavy (non-hydrogen) atoms. The van der Waals surface area contributed by atoms with E-state index in [-0.39, 0.29) is 11.4 Å². The van der Waals surface area contributed by atoms with Crippen LogP contribution < -0.4 is 0 Å². The van der Waals surface area contributed by atoms with Gasteiger partial charge in [0.05, 0.1) is 11.4 Å². The number of hydrogen-bond donors (Lipinski definition) is 1. The van der Waals surface area contributed by atoms with E-state index in [4.69, 9.17) is 28.3 Å². The molecular formula is C19H11Cl2F3N2O2. The van der Waals surface area contributed by atoms with Gasteiger partial charge in [-0.1, -0.05) is 47.5 Å². The van der Waals surface area contributed by atoms with Crippen molar-refractivity contribution < 1.29 is 23.1 Å². The van der Waals surface area contributed by atoms with E-state index in [1.54, 1.807) is 36.4 Å². The first-order valence-corrected chi connectivity index (χ1v) is 8.55. The van der Waals surface area contributed by atoms with Gasteiger partial charge in [-0.25, -0.2) is 9.78 Å². The molecule has 0 amide bonds. The van der Waals surface area contributed by atoms with Gasteiger partial charge in [0, 0.05) is 33.4 Å². The highest BCUT2D eigenvalue weighted by Gasteiger charge is 2.39. The molecule has 144 valence electrons. The van der Waals surface area contributed by atoms with Crippen LogP contribution in [0, 0.1) is 0 Å². The highest BCUT2D eigenvalue weighted by atomic mass is 35.5. The summed E-state index contributed by atoms with van der Waals surface area (Å²) >= 11 is 12.0. The van der Waals surface area contributed by atoms with E-state index >= 15 is 0 Å². The van der Waals surface area contributed by atoms with Crippen molar-refractivity contribution in [1.29, 1.82) is 0 Å². The van der Waals surface area contributed by atoms with Gasteiger partial charge in [0.15, 0.2) is 0 Å². The summed E-state index contributed by atoms with van der Waals surface area (Å²) in [5.74, 6) is -2.67. The van der Waals surface area contributed by atoms with Gasteiger partial charge in [-0.3, -0.25) is 4.57 Å². The van der Waals surface area contributed by atoms with Crippen LogP contribution in [0.2, 0.25) is 10.0 Å². The number of imidazole rings is 1. The highest BCUT2D eigenvalue weighted by Crippen LogP contribution is 2.39. The molecular weight excluding hydrogens is 416 g/mol. The summed E-state index contributed by atoms with van der Waals surface area (Å²) in [6.07, 6.45) is -3.41. The number of nitrogens with zero attached hydrogens (tertiary/aromatic N) is 2. The zero-order chi connectivity index (χ0) is 20.5. The van der Waals surface area contributed by atoms with Gasteiger partial charge in [0.1, 0.15) is 0 Å². The summed E-state index contributed by atoms with van der Waals surface area (Å²) in [6.45, 7) is 0. The van der Waals surface area contributed by atoms with E-state index in [9.17, 15) is 18.0 Å². The number of benzene rings is 2. The molecule has 0 saturated carbocycles. The second kappa shape index (κ2) is 7.69. The van der Waals surface area contributed by atoms with Crippen molar-refractivity contribution in [3.8, 4) is 22.5 Å². The molecule has 0 spiro atoms. The lowest BCUT2D eigenvalue weighted by Crippen LogP contribution is -2.12. The molecule has 2 aromatic carbocycles. The summed E-state index contributed by atoms with van der Waals surface area (Å²) in [5, 5.41) is 9.52. The Labute approximate surface area is 167 Å². The van der Waals surface area contributed by atoms with Gasteiger partial charge in [-0.2, -0.15) is 13.2 Å². The van der Waals surface area contributed by atoms with E-state index in [1.807, 2.05) is 0 Å². The van der Waals surface area contributed by atoms with Crippen molar-refractivity contribution in [2.75, 3.05) is 0 Å². The Morgan fingerprint density at radius 1 is 1.04 bits per heavy atom. The average molecular weight is 427 g/mol. The Balaban J connectivity index is 2.40. The minimum Gasteiger partial charge on any atom is -0.478 e. The fourth-order valence-electron chi connectivity index (χ4n) is 2.66. The number of hydrogen-bond acceptors (Lipinski definition) is 2. The minimum absolute atomic E-state index is 0.00729. The maximum atomic E-state index is 13.6. The molecule has 0 aliphatic rings. The first kappa shape index (κ1) is 20.0. The number of carboxylic acid groups (broad SMARTS) is 1. The lowest BCUT2D eigenvalue weighted by Gasteiger charge is -2.11. The highest BCUT2D eigenvalue weighted by molar-refractivity contribution is 6.31. The largest absolute Gasteiger partial charge is 0.478 e. The second-order valence-corrected chi connectivity index (χ2v) is 6.55. The summed E-state index contributed by atoms with van der Waals surface area (Å²) in [5.41, 5.74) is 0.706. The molecule has 0 aliphatic carbocycles. The first-order chi connectivity index (χ1) is 13.2. The van der Waals surface area contributed by atoms with E-state index in [0.29, 0.717) is 31.8 Å². The SMILES string of the molecule is O=C(O)/C=C\n1c(C(F)(F)F)nc(-c2cccc(Cl)c2)c1-c1cccc(Cl)c1. The van der Waals surface area contributed by atoms with Crippen LogP contribution in [0.3, 0.4) is 0 Å². The molecule has 0 radical (unpaired) electrons. The van der Waals surface area contributed by atoms with Crippen LogP contribution in [0.4, 0.5) is 13.2 Å². The molecule has 1 aromatic heterocycles. The molecule has 4 nitrogen and oxygen atoms in total. The normalized spacial score (nSPS) is 11.9. The fraction of sp³-hybridized carbons (Fsp3) is 0.0526. The topological polar surface area (TPSA) is 55.1 Å². The summed E-state index contributed by atoms with van der Waals surface area (Å²) in [4.78, 5) is 14.7. The van der Waals surface area contributed by atoms with Crippen molar-refractivity contribution in [3.63, 3.8) is 0 Å². The molecule has 1 N–H and O–H groups in total. The van der Waals surface area contributed by atoms with Crippen molar-refractivity contribution >= 4 is 35.4 Å². The Hall–Kier alpha value is -2.77. The smallest absolute Gasteiger partial charge is 0.450 e. The number of rotatable bonds is 4. The Bertz CT molecular complexity index is 1080. The third kappa shape index (κ3) is 4.21. The van der Waals surface area contributed by atoms with Gasteiger partial charge in [0.25, 0.3) is 0 Å². The molecule has 0 aliphatic heterocycles. The van der Waals surface area contributed by atoms with Crippen molar-refractivity contribution in [2.45, 2.75) is 6.18 Å². The Morgan fingerprint density at radius 2 is 1.61 bits per heavy atom. The van der Waals surface area contributed by atoms with Gasteiger partial charge in [0.2, 0.25) is 5.82 Å². The van der Waals surface area contributed by atoms with E-state index in [2.05, 4.69) is 4.98 Å². The van der Waals surface area contributed by atoms with Crippen LogP contribution in [-0.2, 0) is 11.0 Å². The summed E-state index contributed by atoms with van der Waals surface area (Å²) < 4.78 is 41.6. The predicted molar refractivity (Wildman–Crippen MR) is 101 cm³/mol. The van der Waals surface area contributed by atoms with Crippen molar-refractivity contribution in [3.05, 3.63) is 70.5 Å². The Morgan fingerprint density at radius 3 is 2.14 bits per heavy atom. The molecule has 9 heteroatoms. The van der Waals surface area contributed by atoms with Crippen molar-refractivity contribution in [2.24, 2.45) is 0 Å². The molecule has 0 fully saturated rings. The first-order valence-electron chi connectivity index (χ1n) is 7.79. The zero-order valence-corrected chi connectivity index (χ0v) is 15.4. The Kier molecular flexibility index (Phi) is 5.49. The number of halogens is 5. The zero-order valence-electron chi connectivity index (χ0n) is 13.9. The van der Waals surface area contributed by atoms with Gasteiger partial charge in [-0.05, 0) is 24.3 Å². The molecule has 3 aromatic rings. The van der Waals surface area contributed by atoms with Crippen LogP contribution in [0.1, 0.15) is 5.82 Å². The van der Waals surface area contributed by atoms with Crippen LogP contribution in [-0.4, -0.2) is 20.6 Å². The number of aliphatic carboxylic acids is 1. The number of aromatic nitrogens is 2. The molecule has 0 bridgehead atoms. The summed E-state index contributed by atoms with van der Waals surface area (Å²) in [6, 6.07) is 12.4. The van der Waals surface area contributed by atoms with Crippen LogP contribution in [0.15, 0.2) is 54.6 Å². The molecule has 0 saturated heterocycles. The lowest BCUT2D eigenvalue weighted by atomic mass is 10.0. The van der Waals surface area contributed by atoms with Gasteiger partial charge >= 0.3 is 12.1 Å². The number of carboxylic acids is 1. The average Bonchev–Trinajstić information content (AvgIpc) is 3.00. The second-order valence-electron chi connectivity index (χ2n) is 5.68. The minimum atomic E-state index is -4.83. The number of carbonyl (C=O) groups is 1. The predicted octanol–water partition coefficient (Wildman–Crippen LogP) is 6.10. The van der Waals surface area contributed by atoms with Gasteiger partial charge in [-0.15, -0.1) is 0 Å². The molecule has 3 rings (SSSR count). The van der Waals surface area contributed by atoms with Crippen LogP contribution >= 0.6 is 23.2 Å². The van der Waals surface area contributed by atoms with Crippen LogP contribution in [0.5, 0.6) is 0 Å². The lowest BCUT2D eigenvalue weighted by molar-refractivity contribution is -0.145. The van der Waals surface area contributed by atoms with Crippen molar-refractivity contribution in [1.82, 2.24) is 9.55 Å². The third-order valence-corrected chi connectivity index (χ3v) is 4.20.